The van der Waals surface area contributed by atoms with Crippen LogP contribution in [0.5, 0.6) is 0 Å². The second kappa shape index (κ2) is 6.02. The first-order valence-electron chi connectivity index (χ1n) is 6.34. The van der Waals surface area contributed by atoms with E-state index in [9.17, 15) is 9.90 Å². The van der Waals surface area contributed by atoms with Gasteiger partial charge in [0.05, 0.1) is 26.0 Å². The topological polar surface area (TPSA) is 65.7 Å². The van der Waals surface area contributed by atoms with E-state index < -0.39 is 0 Å². The van der Waals surface area contributed by atoms with Crippen LogP contribution in [0.15, 0.2) is 22.8 Å². The molecule has 0 aliphatic carbocycles. The molecule has 1 fully saturated rings. The predicted octanol–water partition coefficient (Wildman–Crippen LogP) is 0.598. The van der Waals surface area contributed by atoms with Gasteiger partial charge in [0.1, 0.15) is 5.76 Å². The molecular formula is C13H20N2O3. The summed E-state index contributed by atoms with van der Waals surface area (Å²) in [6.07, 6.45) is 2.63. The molecule has 0 radical (unpaired) electrons. The zero-order chi connectivity index (χ0) is 13.0. The minimum atomic E-state index is -0.0288. The molecule has 2 atom stereocenters. The Labute approximate surface area is 107 Å². The molecule has 2 heterocycles. The fraction of sp³-hybridized carbons (Fsp3) is 0.615. The lowest BCUT2D eigenvalue weighted by molar-refractivity contribution is -0.122. The highest BCUT2D eigenvalue weighted by atomic mass is 16.3. The Morgan fingerprint density at radius 1 is 1.67 bits per heavy atom. The van der Waals surface area contributed by atoms with E-state index >= 15 is 0 Å². The van der Waals surface area contributed by atoms with Crippen LogP contribution in [0.3, 0.4) is 0 Å². The van der Waals surface area contributed by atoms with Crippen molar-refractivity contribution in [2.75, 3.05) is 19.7 Å². The second-order valence-corrected chi connectivity index (χ2v) is 4.84. The molecule has 2 rings (SSSR count). The van der Waals surface area contributed by atoms with Gasteiger partial charge in [0.15, 0.2) is 0 Å². The molecule has 1 saturated heterocycles. The van der Waals surface area contributed by atoms with Gasteiger partial charge in [-0.2, -0.15) is 0 Å². The van der Waals surface area contributed by atoms with Crippen LogP contribution in [0, 0.1) is 5.92 Å². The van der Waals surface area contributed by atoms with Crippen molar-refractivity contribution in [3.05, 3.63) is 24.2 Å². The van der Waals surface area contributed by atoms with Gasteiger partial charge in [-0.1, -0.05) is 6.92 Å². The maximum Gasteiger partial charge on any atom is 0.234 e. The van der Waals surface area contributed by atoms with Crippen molar-refractivity contribution in [1.82, 2.24) is 10.2 Å². The van der Waals surface area contributed by atoms with Gasteiger partial charge in [0, 0.05) is 6.04 Å². The summed E-state index contributed by atoms with van der Waals surface area (Å²) in [6.45, 7) is 3.87. The fourth-order valence-electron chi connectivity index (χ4n) is 2.42. The van der Waals surface area contributed by atoms with Gasteiger partial charge < -0.3 is 14.8 Å². The van der Waals surface area contributed by atoms with Crippen LogP contribution >= 0.6 is 0 Å². The number of carbonyl (C=O) groups excluding carboxylic acids is 1. The standard InChI is InChI=1S/C13H20N2O3/c1-10-4-5-15(12(10)9-16)8-13(17)14-7-11-3-2-6-18-11/h2-3,6,10,12,16H,4-5,7-9H2,1H3,(H,14,17). The third kappa shape index (κ3) is 3.11. The average molecular weight is 252 g/mol. The number of amides is 1. The molecule has 1 aromatic heterocycles. The van der Waals surface area contributed by atoms with Gasteiger partial charge in [-0.15, -0.1) is 0 Å². The molecule has 18 heavy (non-hydrogen) atoms. The third-order valence-corrected chi connectivity index (χ3v) is 3.57. The molecule has 0 spiro atoms. The highest BCUT2D eigenvalue weighted by Gasteiger charge is 2.31. The van der Waals surface area contributed by atoms with E-state index in [4.69, 9.17) is 4.42 Å². The molecule has 1 aliphatic rings. The number of hydrogen-bond acceptors (Lipinski definition) is 4. The summed E-state index contributed by atoms with van der Waals surface area (Å²) in [5.41, 5.74) is 0. The Bertz CT molecular complexity index is 378. The quantitative estimate of drug-likeness (QED) is 0.805. The lowest BCUT2D eigenvalue weighted by Gasteiger charge is -2.24. The Balaban J connectivity index is 1.77. The van der Waals surface area contributed by atoms with E-state index in [0.717, 1.165) is 18.7 Å². The van der Waals surface area contributed by atoms with E-state index in [1.165, 1.54) is 0 Å². The lowest BCUT2D eigenvalue weighted by atomic mass is 10.0. The summed E-state index contributed by atoms with van der Waals surface area (Å²) in [7, 11) is 0. The number of rotatable bonds is 5. The first-order valence-corrected chi connectivity index (χ1v) is 6.34. The first kappa shape index (κ1) is 13.1. The maximum atomic E-state index is 11.8. The summed E-state index contributed by atoms with van der Waals surface area (Å²) in [5, 5.41) is 12.1. The SMILES string of the molecule is CC1CCN(CC(=O)NCc2ccco2)C1CO. The van der Waals surface area contributed by atoms with Gasteiger partial charge in [-0.3, -0.25) is 9.69 Å². The van der Waals surface area contributed by atoms with Gasteiger partial charge in [0.25, 0.3) is 0 Å². The van der Waals surface area contributed by atoms with Gasteiger partial charge in [-0.05, 0) is 31.0 Å². The first-order chi connectivity index (χ1) is 8.70. The smallest absolute Gasteiger partial charge is 0.234 e. The number of aliphatic hydroxyl groups is 1. The van der Waals surface area contributed by atoms with Crippen molar-refractivity contribution in [1.29, 1.82) is 0 Å². The van der Waals surface area contributed by atoms with E-state index in [1.54, 1.807) is 12.3 Å². The largest absolute Gasteiger partial charge is 0.467 e. The van der Waals surface area contributed by atoms with Crippen LogP contribution in [0.25, 0.3) is 0 Å². The lowest BCUT2D eigenvalue weighted by Crippen LogP contribution is -2.42. The van der Waals surface area contributed by atoms with Crippen LogP contribution in [-0.4, -0.2) is 41.7 Å². The molecule has 100 valence electrons. The number of nitrogens with one attached hydrogen (secondary N) is 1. The van der Waals surface area contributed by atoms with E-state index in [0.29, 0.717) is 19.0 Å². The van der Waals surface area contributed by atoms with Crippen molar-refractivity contribution >= 4 is 5.91 Å². The van der Waals surface area contributed by atoms with E-state index in [1.807, 2.05) is 11.0 Å². The molecule has 0 aromatic carbocycles. The zero-order valence-electron chi connectivity index (χ0n) is 10.6. The molecule has 5 heteroatoms. The average Bonchev–Trinajstić information content (AvgIpc) is 2.97. The molecule has 2 unspecified atom stereocenters. The summed E-state index contributed by atoms with van der Waals surface area (Å²) in [4.78, 5) is 13.8. The molecule has 5 nitrogen and oxygen atoms in total. The summed E-state index contributed by atoms with van der Waals surface area (Å²) >= 11 is 0. The van der Waals surface area contributed by atoms with E-state index in [-0.39, 0.29) is 18.6 Å². The zero-order valence-corrected chi connectivity index (χ0v) is 10.6. The number of hydrogen-bond donors (Lipinski definition) is 2. The minimum absolute atomic E-state index is 0.0288. The van der Waals surface area contributed by atoms with Crippen molar-refractivity contribution < 1.29 is 14.3 Å². The second-order valence-electron chi connectivity index (χ2n) is 4.84. The van der Waals surface area contributed by atoms with Crippen LogP contribution in [0.1, 0.15) is 19.1 Å². The number of likely N-dealkylation sites (tertiary alicyclic amines) is 1. The summed E-state index contributed by atoms with van der Waals surface area (Å²) < 4.78 is 5.14. The van der Waals surface area contributed by atoms with Crippen LogP contribution < -0.4 is 5.32 Å². The number of furan rings is 1. The predicted molar refractivity (Wildman–Crippen MR) is 66.8 cm³/mol. The Morgan fingerprint density at radius 3 is 3.17 bits per heavy atom. The third-order valence-electron chi connectivity index (χ3n) is 3.57. The van der Waals surface area contributed by atoms with Crippen molar-refractivity contribution in [3.8, 4) is 0 Å². The molecule has 0 saturated carbocycles. The van der Waals surface area contributed by atoms with Crippen LogP contribution in [0.4, 0.5) is 0 Å². The number of carbonyl (C=O) groups is 1. The Morgan fingerprint density at radius 2 is 2.50 bits per heavy atom. The Kier molecular flexibility index (Phi) is 4.38. The summed E-state index contributed by atoms with van der Waals surface area (Å²) in [5.74, 6) is 1.17. The van der Waals surface area contributed by atoms with Crippen molar-refractivity contribution in [3.63, 3.8) is 0 Å². The highest BCUT2D eigenvalue weighted by molar-refractivity contribution is 5.78. The fourth-order valence-corrected chi connectivity index (χ4v) is 2.42. The highest BCUT2D eigenvalue weighted by Crippen LogP contribution is 2.22. The monoisotopic (exact) mass is 252 g/mol. The van der Waals surface area contributed by atoms with Crippen molar-refractivity contribution in [2.24, 2.45) is 5.92 Å². The molecule has 1 amide bonds. The Hall–Kier alpha value is -1.33. The van der Waals surface area contributed by atoms with Gasteiger partial charge in [0.2, 0.25) is 5.91 Å². The molecule has 2 N–H and O–H groups in total. The molecule has 1 aromatic rings. The number of nitrogens with zero attached hydrogens (tertiary/aromatic N) is 1. The van der Waals surface area contributed by atoms with Crippen LogP contribution in [0.2, 0.25) is 0 Å². The normalized spacial score (nSPS) is 24.3. The van der Waals surface area contributed by atoms with Crippen molar-refractivity contribution in [2.45, 2.75) is 25.9 Å². The molecule has 0 bridgehead atoms. The van der Waals surface area contributed by atoms with Gasteiger partial charge in [-0.25, -0.2) is 0 Å². The number of aliphatic hydroxyl groups excluding tert-OH is 1. The molecule has 1 aliphatic heterocycles. The maximum absolute atomic E-state index is 11.8. The van der Waals surface area contributed by atoms with Crippen LogP contribution in [-0.2, 0) is 11.3 Å². The molecular weight excluding hydrogens is 232 g/mol. The van der Waals surface area contributed by atoms with E-state index in [2.05, 4.69) is 12.2 Å². The van der Waals surface area contributed by atoms with Gasteiger partial charge >= 0.3 is 0 Å². The summed E-state index contributed by atoms with van der Waals surface area (Å²) in [6, 6.07) is 3.74. The minimum Gasteiger partial charge on any atom is -0.467 e.